The van der Waals surface area contributed by atoms with Crippen LogP contribution in [0.3, 0.4) is 0 Å². The molecule has 0 aromatic rings. The molecule has 1 rings (SSSR count). The number of hydrogen-bond donors (Lipinski definition) is 0. The summed E-state index contributed by atoms with van der Waals surface area (Å²) in [6, 6.07) is 0. The highest BCUT2D eigenvalue weighted by molar-refractivity contribution is 5.67. The van der Waals surface area contributed by atoms with Crippen LogP contribution >= 0.6 is 0 Å². The van der Waals surface area contributed by atoms with Gasteiger partial charge in [-0.15, -0.1) is 0 Å². The van der Waals surface area contributed by atoms with Gasteiger partial charge in [-0.3, -0.25) is 0 Å². The van der Waals surface area contributed by atoms with E-state index in [0.29, 0.717) is 5.95 Å². The van der Waals surface area contributed by atoms with Crippen molar-refractivity contribution in [2.45, 2.75) is 6.92 Å². The summed E-state index contributed by atoms with van der Waals surface area (Å²) in [6.07, 6.45) is 0.953. The Morgan fingerprint density at radius 3 is 2.29 bits per heavy atom. The van der Waals surface area contributed by atoms with E-state index in [2.05, 4.69) is 9.47 Å². The Bertz CT molecular complexity index is 115. The maximum atomic E-state index is 9.78. The van der Waals surface area contributed by atoms with Gasteiger partial charge in [-0.1, -0.05) is 0 Å². The summed E-state index contributed by atoms with van der Waals surface area (Å²) in [4.78, 5) is 9.78. The van der Waals surface area contributed by atoms with E-state index in [-0.39, 0.29) is 0 Å². The zero-order chi connectivity index (χ0) is 5.28. The van der Waals surface area contributed by atoms with Crippen molar-refractivity contribution in [3.05, 3.63) is 12.0 Å². The molecule has 0 N–H and O–H groups in total. The number of ether oxygens (including phenoxy) is 2. The standard InChI is InChI=1S/C4H4O3/c1-2-3-6-4(5)7-3/h2H,1H3. The summed E-state index contributed by atoms with van der Waals surface area (Å²) in [5, 5.41) is 0. The third-order valence-corrected chi connectivity index (χ3v) is 0.604. The molecule has 0 aromatic carbocycles. The Morgan fingerprint density at radius 1 is 1.57 bits per heavy atom. The molecule has 0 atom stereocenters. The molecule has 1 aliphatic rings. The highest BCUT2D eigenvalue weighted by Gasteiger charge is 2.22. The molecule has 1 fully saturated rings. The van der Waals surface area contributed by atoms with Crippen LogP contribution in [0.1, 0.15) is 6.92 Å². The van der Waals surface area contributed by atoms with Crippen LogP contribution in [0.5, 0.6) is 0 Å². The Hall–Kier alpha value is -0.990. The van der Waals surface area contributed by atoms with E-state index in [4.69, 9.17) is 0 Å². The second-order valence-electron chi connectivity index (χ2n) is 1.06. The Morgan fingerprint density at radius 2 is 2.14 bits per heavy atom. The van der Waals surface area contributed by atoms with Gasteiger partial charge in [0.05, 0.1) is 0 Å². The van der Waals surface area contributed by atoms with Crippen molar-refractivity contribution in [1.29, 1.82) is 0 Å². The molecule has 0 amide bonds. The highest BCUT2D eigenvalue weighted by Crippen LogP contribution is 2.12. The molecule has 0 unspecified atom stereocenters. The number of allylic oxidation sites excluding steroid dienone is 1. The van der Waals surface area contributed by atoms with Crippen molar-refractivity contribution in [1.82, 2.24) is 0 Å². The first-order valence-electron chi connectivity index (χ1n) is 1.89. The Balaban J connectivity index is 2.44. The van der Waals surface area contributed by atoms with Crippen LogP contribution in [-0.2, 0) is 9.47 Å². The number of rotatable bonds is 0. The van der Waals surface area contributed by atoms with Gasteiger partial charge >= 0.3 is 6.16 Å². The minimum Gasteiger partial charge on any atom is -0.360 e. The topological polar surface area (TPSA) is 35.5 Å². The summed E-state index contributed by atoms with van der Waals surface area (Å²) in [5.41, 5.74) is 0. The fourth-order valence-electron chi connectivity index (χ4n) is 0.290. The van der Waals surface area contributed by atoms with Gasteiger partial charge in [0, 0.05) is 0 Å². The van der Waals surface area contributed by atoms with Gasteiger partial charge in [-0.25, -0.2) is 4.79 Å². The maximum Gasteiger partial charge on any atom is 0.524 e. The van der Waals surface area contributed by atoms with Crippen LogP contribution in [0.4, 0.5) is 4.79 Å². The van der Waals surface area contributed by atoms with Gasteiger partial charge in [-0.2, -0.15) is 0 Å². The molecular formula is C4H4O3. The normalized spacial score (nSPS) is 16.7. The maximum absolute atomic E-state index is 9.78. The van der Waals surface area contributed by atoms with Crippen molar-refractivity contribution < 1.29 is 14.3 Å². The molecular weight excluding hydrogens is 96.0 g/mol. The molecule has 1 aliphatic heterocycles. The quantitative estimate of drug-likeness (QED) is 0.426. The van der Waals surface area contributed by atoms with Gasteiger partial charge < -0.3 is 9.47 Å². The molecule has 0 saturated carbocycles. The Labute approximate surface area is 40.5 Å². The number of cyclic esters (lactones) is 2. The monoisotopic (exact) mass is 100 g/mol. The zero-order valence-corrected chi connectivity index (χ0v) is 3.80. The van der Waals surface area contributed by atoms with Crippen molar-refractivity contribution in [3.8, 4) is 0 Å². The van der Waals surface area contributed by atoms with E-state index < -0.39 is 6.16 Å². The second kappa shape index (κ2) is 1.26. The molecule has 3 heteroatoms. The molecule has 0 aliphatic carbocycles. The fraction of sp³-hybridized carbons (Fsp3) is 0.250. The lowest BCUT2D eigenvalue weighted by molar-refractivity contribution is -0.0262. The summed E-state index contributed by atoms with van der Waals surface area (Å²) in [7, 11) is 0. The third-order valence-electron chi connectivity index (χ3n) is 0.604. The molecule has 38 valence electrons. The van der Waals surface area contributed by atoms with Crippen molar-refractivity contribution in [2.75, 3.05) is 0 Å². The molecule has 0 bridgehead atoms. The SMILES string of the molecule is CC=C1OC(=O)O1. The molecule has 3 nitrogen and oxygen atoms in total. The third kappa shape index (κ3) is 0.559. The van der Waals surface area contributed by atoms with Crippen LogP contribution in [0.15, 0.2) is 12.0 Å². The molecule has 0 aromatic heterocycles. The lowest BCUT2D eigenvalue weighted by atomic mass is 10.7. The Kier molecular flexibility index (Phi) is 0.749. The van der Waals surface area contributed by atoms with Crippen LogP contribution in [0.2, 0.25) is 0 Å². The van der Waals surface area contributed by atoms with Gasteiger partial charge in [0.15, 0.2) is 0 Å². The largest absolute Gasteiger partial charge is 0.524 e. The minimum absolute atomic E-state index is 0.296. The lowest BCUT2D eigenvalue weighted by Gasteiger charge is -2.13. The van der Waals surface area contributed by atoms with Crippen LogP contribution in [-0.4, -0.2) is 6.16 Å². The number of carbonyl (C=O) groups is 1. The molecule has 0 spiro atoms. The van der Waals surface area contributed by atoms with E-state index in [1.807, 2.05) is 0 Å². The van der Waals surface area contributed by atoms with Crippen molar-refractivity contribution in [3.63, 3.8) is 0 Å². The average Bonchev–Trinajstić information content (AvgIpc) is 1.58. The van der Waals surface area contributed by atoms with Crippen molar-refractivity contribution >= 4 is 6.16 Å². The summed E-state index contributed by atoms with van der Waals surface area (Å²) in [5.74, 6) is 0.296. The van der Waals surface area contributed by atoms with Gasteiger partial charge in [-0.05, 0) is 13.0 Å². The van der Waals surface area contributed by atoms with Crippen LogP contribution in [0.25, 0.3) is 0 Å². The lowest BCUT2D eigenvalue weighted by Crippen LogP contribution is -2.19. The molecule has 7 heavy (non-hydrogen) atoms. The van der Waals surface area contributed by atoms with Crippen LogP contribution < -0.4 is 0 Å². The van der Waals surface area contributed by atoms with E-state index >= 15 is 0 Å². The fourth-order valence-corrected chi connectivity index (χ4v) is 0.290. The summed E-state index contributed by atoms with van der Waals surface area (Å²) >= 11 is 0. The van der Waals surface area contributed by atoms with Crippen LogP contribution in [0, 0.1) is 0 Å². The average molecular weight is 100 g/mol. The van der Waals surface area contributed by atoms with Crippen molar-refractivity contribution in [2.24, 2.45) is 0 Å². The first kappa shape index (κ1) is 4.18. The van der Waals surface area contributed by atoms with E-state index in [0.717, 1.165) is 0 Å². The molecule has 1 heterocycles. The first-order chi connectivity index (χ1) is 3.33. The first-order valence-corrected chi connectivity index (χ1v) is 1.89. The second-order valence-corrected chi connectivity index (χ2v) is 1.06. The van der Waals surface area contributed by atoms with E-state index in [1.54, 1.807) is 13.0 Å². The number of hydrogen-bond acceptors (Lipinski definition) is 3. The van der Waals surface area contributed by atoms with Gasteiger partial charge in [0.25, 0.3) is 5.95 Å². The smallest absolute Gasteiger partial charge is 0.360 e. The van der Waals surface area contributed by atoms with Gasteiger partial charge in [0.2, 0.25) is 0 Å². The van der Waals surface area contributed by atoms with E-state index in [9.17, 15) is 4.79 Å². The summed E-state index contributed by atoms with van der Waals surface area (Å²) in [6.45, 7) is 1.72. The molecule has 0 radical (unpaired) electrons. The van der Waals surface area contributed by atoms with Gasteiger partial charge in [0.1, 0.15) is 0 Å². The summed E-state index contributed by atoms with van der Waals surface area (Å²) < 4.78 is 8.58. The highest BCUT2D eigenvalue weighted by atomic mass is 16.9. The predicted octanol–water partition coefficient (Wildman–Crippen LogP) is 1.01. The minimum atomic E-state index is -0.617. The molecule has 1 saturated heterocycles. The zero-order valence-electron chi connectivity index (χ0n) is 3.80. The number of carbonyl (C=O) groups excluding carboxylic acids is 1. The predicted molar refractivity (Wildman–Crippen MR) is 21.3 cm³/mol. The van der Waals surface area contributed by atoms with E-state index in [1.165, 1.54) is 0 Å².